The highest BCUT2D eigenvalue weighted by atomic mass is 16.5. The summed E-state index contributed by atoms with van der Waals surface area (Å²) in [5, 5.41) is 3.96. The van der Waals surface area contributed by atoms with Crippen LogP contribution < -0.4 is 9.64 Å². The summed E-state index contributed by atoms with van der Waals surface area (Å²) in [6, 6.07) is 16.1. The van der Waals surface area contributed by atoms with Gasteiger partial charge in [0.15, 0.2) is 0 Å². The number of methoxy groups -OCH3 is 1. The van der Waals surface area contributed by atoms with Gasteiger partial charge in [-0.05, 0) is 48.4 Å². The molecular formula is C23H26N4O3. The first-order valence-electron chi connectivity index (χ1n) is 10.2. The number of benzene rings is 2. The monoisotopic (exact) mass is 406 g/mol. The molecule has 0 atom stereocenters. The quantitative estimate of drug-likeness (QED) is 0.625. The molecule has 1 aliphatic rings. The molecule has 1 amide bonds. The summed E-state index contributed by atoms with van der Waals surface area (Å²) in [5.41, 5.74) is 3.23. The smallest absolute Gasteiger partial charge is 0.223 e. The lowest BCUT2D eigenvalue weighted by atomic mass is 10.1. The van der Waals surface area contributed by atoms with Crippen molar-refractivity contribution in [2.75, 3.05) is 38.2 Å². The van der Waals surface area contributed by atoms with Gasteiger partial charge in [0.1, 0.15) is 5.75 Å². The molecule has 0 spiro atoms. The molecule has 3 aromatic rings. The Hall–Kier alpha value is -3.35. The van der Waals surface area contributed by atoms with E-state index < -0.39 is 0 Å². The van der Waals surface area contributed by atoms with Crippen LogP contribution in [0.25, 0.3) is 11.4 Å². The number of aromatic nitrogens is 2. The van der Waals surface area contributed by atoms with Crippen LogP contribution in [0.2, 0.25) is 0 Å². The number of carbonyl (C=O) groups excluding carboxylic acids is 1. The normalized spacial score (nSPS) is 14.1. The number of piperazine rings is 1. The first-order valence-corrected chi connectivity index (χ1v) is 10.2. The Bertz CT molecular complexity index is 974. The lowest BCUT2D eigenvalue weighted by molar-refractivity contribution is -0.131. The number of hydrogen-bond donors (Lipinski definition) is 0. The number of carbonyl (C=O) groups is 1. The van der Waals surface area contributed by atoms with Crippen LogP contribution in [0.3, 0.4) is 0 Å². The molecule has 0 N–H and O–H groups in total. The number of nitrogens with zero attached hydrogens (tertiary/aromatic N) is 4. The molecule has 1 aliphatic heterocycles. The van der Waals surface area contributed by atoms with Gasteiger partial charge in [-0.25, -0.2) is 0 Å². The number of rotatable bonds is 6. The van der Waals surface area contributed by atoms with Crippen molar-refractivity contribution in [3.63, 3.8) is 0 Å². The van der Waals surface area contributed by atoms with E-state index in [0.717, 1.165) is 55.2 Å². The fraction of sp³-hybridized carbons (Fsp3) is 0.348. The Morgan fingerprint density at radius 1 is 1.03 bits per heavy atom. The van der Waals surface area contributed by atoms with Crippen LogP contribution in [0.4, 0.5) is 5.69 Å². The van der Waals surface area contributed by atoms with Crippen LogP contribution in [-0.4, -0.2) is 54.2 Å². The number of ether oxygens (including phenoxy) is 1. The Balaban J connectivity index is 1.27. The maximum atomic E-state index is 12.6. The first-order chi connectivity index (χ1) is 14.6. The minimum atomic E-state index is 0.216. The third-order valence-corrected chi connectivity index (χ3v) is 5.44. The summed E-state index contributed by atoms with van der Waals surface area (Å²) in [5.74, 6) is 2.21. The van der Waals surface area contributed by atoms with Crippen molar-refractivity contribution in [1.82, 2.24) is 15.0 Å². The molecule has 30 heavy (non-hydrogen) atoms. The SMILES string of the molecule is COc1ccc(CCC(=O)N2CCN(c3ccc(-c4noc(C)n4)cc3)CC2)cc1. The summed E-state index contributed by atoms with van der Waals surface area (Å²) in [6.45, 7) is 4.92. The Morgan fingerprint density at radius 3 is 2.33 bits per heavy atom. The molecule has 0 unspecified atom stereocenters. The lowest BCUT2D eigenvalue weighted by Gasteiger charge is -2.36. The number of amides is 1. The summed E-state index contributed by atoms with van der Waals surface area (Å²) < 4.78 is 10.2. The summed E-state index contributed by atoms with van der Waals surface area (Å²) in [7, 11) is 1.65. The standard InChI is InChI=1S/C23H26N4O3/c1-17-24-23(25-30-17)19-6-8-20(9-7-19)26-13-15-27(16-14-26)22(28)12-5-18-3-10-21(29-2)11-4-18/h3-4,6-11H,5,12-16H2,1-2H3. The molecule has 156 valence electrons. The van der Waals surface area contributed by atoms with Crippen molar-refractivity contribution in [2.24, 2.45) is 0 Å². The van der Waals surface area contributed by atoms with Crippen LogP contribution in [0, 0.1) is 6.92 Å². The maximum absolute atomic E-state index is 12.6. The second-order valence-electron chi connectivity index (χ2n) is 7.40. The van der Waals surface area contributed by atoms with Crippen molar-refractivity contribution in [1.29, 1.82) is 0 Å². The zero-order valence-corrected chi connectivity index (χ0v) is 17.4. The van der Waals surface area contributed by atoms with Gasteiger partial charge in [0, 0.05) is 50.8 Å². The predicted molar refractivity (Wildman–Crippen MR) is 115 cm³/mol. The summed E-state index contributed by atoms with van der Waals surface area (Å²) in [4.78, 5) is 21.1. The molecule has 0 radical (unpaired) electrons. The largest absolute Gasteiger partial charge is 0.497 e. The van der Waals surface area contributed by atoms with Crippen molar-refractivity contribution < 1.29 is 14.1 Å². The van der Waals surface area contributed by atoms with E-state index in [4.69, 9.17) is 9.26 Å². The van der Waals surface area contributed by atoms with Gasteiger partial charge in [0.05, 0.1) is 7.11 Å². The zero-order chi connectivity index (χ0) is 20.9. The van der Waals surface area contributed by atoms with E-state index in [1.54, 1.807) is 14.0 Å². The molecule has 7 nitrogen and oxygen atoms in total. The zero-order valence-electron chi connectivity index (χ0n) is 17.4. The van der Waals surface area contributed by atoms with E-state index in [1.807, 2.05) is 41.3 Å². The van der Waals surface area contributed by atoms with E-state index in [2.05, 4.69) is 27.2 Å². The van der Waals surface area contributed by atoms with Gasteiger partial charge in [-0.3, -0.25) is 4.79 Å². The van der Waals surface area contributed by atoms with Crippen LogP contribution >= 0.6 is 0 Å². The Morgan fingerprint density at radius 2 is 1.73 bits per heavy atom. The molecule has 0 bridgehead atoms. The van der Waals surface area contributed by atoms with E-state index in [9.17, 15) is 4.79 Å². The molecule has 7 heteroatoms. The fourth-order valence-corrected chi connectivity index (χ4v) is 3.65. The Kier molecular flexibility index (Phi) is 5.97. The minimum Gasteiger partial charge on any atom is -0.497 e. The van der Waals surface area contributed by atoms with Crippen LogP contribution in [-0.2, 0) is 11.2 Å². The van der Waals surface area contributed by atoms with Crippen molar-refractivity contribution >= 4 is 11.6 Å². The maximum Gasteiger partial charge on any atom is 0.223 e. The predicted octanol–water partition coefficient (Wildman–Crippen LogP) is 3.34. The molecule has 1 fully saturated rings. The van der Waals surface area contributed by atoms with Crippen LogP contribution in [0.1, 0.15) is 17.9 Å². The molecule has 2 heterocycles. The van der Waals surface area contributed by atoms with Crippen molar-refractivity contribution in [2.45, 2.75) is 19.8 Å². The molecule has 1 aromatic heterocycles. The van der Waals surface area contributed by atoms with Gasteiger partial charge in [-0.1, -0.05) is 17.3 Å². The average Bonchev–Trinajstić information content (AvgIpc) is 3.24. The molecule has 0 aliphatic carbocycles. The highest BCUT2D eigenvalue weighted by Crippen LogP contribution is 2.22. The second kappa shape index (κ2) is 8.98. The van der Waals surface area contributed by atoms with Crippen molar-refractivity contribution in [3.05, 3.63) is 60.0 Å². The van der Waals surface area contributed by atoms with E-state index in [1.165, 1.54) is 0 Å². The van der Waals surface area contributed by atoms with E-state index in [-0.39, 0.29) is 5.91 Å². The van der Waals surface area contributed by atoms with Gasteiger partial charge in [0.25, 0.3) is 0 Å². The molecule has 0 saturated carbocycles. The molecule has 2 aromatic carbocycles. The summed E-state index contributed by atoms with van der Waals surface area (Å²) >= 11 is 0. The fourth-order valence-electron chi connectivity index (χ4n) is 3.65. The second-order valence-corrected chi connectivity index (χ2v) is 7.40. The van der Waals surface area contributed by atoms with Gasteiger partial charge < -0.3 is 19.1 Å². The van der Waals surface area contributed by atoms with E-state index in [0.29, 0.717) is 18.1 Å². The van der Waals surface area contributed by atoms with Gasteiger partial charge in [-0.15, -0.1) is 0 Å². The number of anilines is 1. The molecule has 4 rings (SSSR count). The number of aryl methyl sites for hydroxylation is 2. The Labute approximate surface area is 176 Å². The third kappa shape index (κ3) is 4.62. The number of hydrogen-bond acceptors (Lipinski definition) is 6. The summed E-state index contributed by atoms with van der Waals surface area (Å²) in [6.07, 6.45) is 1.28. The lowest BCUT2D eigenvalue weighted by Crippen LogP contribution is -2.48. The third-order valence-electron chi connectivity index (χ3n) is 5.44. The van der Waals surface area contributed by atoms with E-state index >= 15 is 0 Å². The highest BCUT2D eigenvalue weighted by molar-refractivity contribution is 5.77. The van der Waals surface area contributed by atoms with Gasteiger partial charge >= 0.3 is 0 Å². The first kappa shape index (κ1) is 19.9. The van der Waals surface area contributed by atoms with Gasteiger partial charge in [0.2, 0.25) is 17.6 Å². The highest BCUT2D eigenvalue weighted by Gasteiger charge is 2.21. The average molecular weight is 406 g/mol. The molecule has 1 saturated heterocycles. The van der Waals surface area contributed by atoms with Gasteiger partial charge in [-0.2, -0.15) is 4.98 Å². The molecular weight excluding hydrogens is 380 g/mol. The minimum absolute atomic E-state index is 0.216. The van der Waals surface area contributed by atoms with Crippen LogP contribution in [0.5, 0.6) is 5.75 Å². The van der Waals surface area contributed by atoms with Crippen LogP contribution in [0.15, 0.2) is 53.1 Å². The topological polar surface area (TPSA) is 71.7 Å². The van der Waals surface area contributed by atoms with Crippen molar-refractivity contribution in [3.8, 4) is 17.1 Å².